The second-order valence-electron chi connectivity index (χ2n) is 8.29. The molecular formula is C26H28ClN5O3. The summed E-state index contributed by atoms with van der Waals surface area (Å²) in [6.45, 7) is 4.67. The first-order valence-electron chi connectivity index (χ1n) is 11.4. The first-order chi connectivity index (χ1) is 16.9. The van der Waals surface area contributed by atoms with Gasteiger partial charge >= 0.3 is 0 Å². The Labute approximate surface area is 209 Å². The van der Waals surface area contributed by atoms with Crippen molar-refractivity contribution >= 4 is 28.4 Å². The zero-order chi connectivity index (χ0) is 24.9. The average molecular weight is 494 g/mol. The fraction of sp³-hybridized carbons (Fsp3) is 0.308. The fourth-order valence-electron chi connectivity index (χ4n) is 3.88. The van der Waals surface area contributed by atoms with Crippen molar-refractivity contribution in [2.24, 2.45) is 7.05 Å². The maximum absolute atomic E-state index is 12.3. The van der Waals surface area contributed by atoms with Crippen LogP contribution in [0.1, 0.15) is 24.6 Å². The number of ether oxygens (including phenoxy) is 2. The normalized spacial score (nSPS) is 11.0. The number of para-hydroxylation sites is 1. The van der Waals surface area contributed by atoms with E-state index in [4.69, 9.17) is 26.1 Å². The van der Waals surface area contributed by atoms with Gasteiger partial charge in [0.25, 0.3) is 5.91 Å². The number of nitrogens with zero attached hydrogens (tertiary/aromatic N) is 5. The average Bonchev–Trinajstić information content (AvgIpc) is 3.27. The Morgan fingerprint density at radius 2 is 2.00 bits per heavy atom. The zero-order valence-corrected chi connectivity index (χ0v) is 21.0. The molecule has 0 saturated heterocycles. The minimum absolute atomic E-state index is 0.103. The molecule has 0 aliphatic rings. The zero-order valence-electron chi connectivity index (χ0n) is 20.3. The van der Waals surface area contributed by atoms with Crippen molar-refractivity contribution in [1.29, 1.82) is 0 Å². The minimum Gasteiger partial charge on any atom is -0.486 e. The maximum atomic E-state index is 12.3. The van der Waals surface area contributed by atoms with Gasteiger partial charge in [0.2, 0.25) is 0 Å². The molecule has 0 atom stereocenters. The lowest BCUT2D eigenvalue weighted by Gasteiger charge is -2.18. The number of aromatic nitrogens is 4. The SMILES string of the molecule is CCCN(C)C(=O)COc1cncc(Cl)c1COc1cccc2c(-c3ccnn3C)cc(C)nc12. The highest BCUT2D eigenvalue weighted by atomic mass is 35.5. The van der Waals surface area contributed by atoms with Gasteiger partial charge < -0.3 is 14.4 Å². The molecule has 0 bridgehead atoms. The van der Waals surface area contributed by atoms with Gasteiger partial charge in [-0.25, -0.2) is 4.98 Å². The third-order valence-electron chi connectivity index (χ3n) is 5.70. The number of amides is 1. The van der Waals surface area contributed by atoms with Gasteiger partial charge in [-0.15, -0.1) is 0 Å². The number of fused-ring (bicyclic) bond motifs is 1. The van der Waals surface area contributed by atoms with Gasteiger partial charge in [0.15, 0.2) is 6.61 Å². The highest BCUT2D eigenvalue weighted by Crippen LogP contribution is 2.34. The molecule has 0 radical (unpaired) electrons. The van der Waals surface area contributed by atoms with Gasteiger partial charge in [-0.1, -0.05) is 30.7 Å². The molecule has 0 unspecified atom stereocenters. The van der Waals surface area contributed by atoms with Crippen LogP contribution in [-0.4, -0.2) is 50.8 Å². The van der Waals surface area contributed by atoms with Crippen LogP contribution in [0.2, 0.25) is 5.02 Å². The highest BCUT2D eigenvalue weighted by Gasteiger charge is 2.16. The molecule has 4 aromatic rings. The molecule has 0 spiro atoms. The van der Waals surface area contributed by atoms with E-state index in [2.05, 4.69) is 10.1 Å². The van der Waals surface area contributed by atoms with Crippen molar-refractivity contribution in [2.45, 2.75) is 26.9 Å². The van der Waals surface area contributed by atoms with E-state index >= 15 is 0 Å². The van der Waals surface area contributed by atoms with E-state index < -0.39 is 0 Å². The van der Waals surface area contributed by atoms with E-state index in [-0.39, 0.29) is 19.1 Å². The standard InChI is InChI=1S/C26H28ClN5O3/c1-5-11-31(3)25(33)16-35-24-14-28-13-21(27)20(24)15-34-23-8-6-7-18-19(12-17(2)30-26(18)23)22-9-10-29-32(22)4/h6-10,12-14H,5,11,15-16H2,1-4H3. The van der Waals surface area contributed by atoms with Crippen molar-refractivity contribution in [2.75, 3.05) is 20.2 Å². The predicted molar refractivity (Wildman–Crippen MR) is 136 cm³/mol. The van der Waals surface area contributed by atoms with E-state index in [9.17, 15) is 4.79 Å². The van der Waals surface area contributed by atoms with Crippen LogP contribution in [0.25, 0.3) is 22.2 Å². The van der Waals surface area contributed by atoms with Crippen molar-refractivity contribution in [3.05, 3.63) is 65.2 Å². The van der Waals surface area contributed by atoms with Crippen molar-refractivity contribution in [3.63, 3.8) is 0 Å². The van der Waals surface area contributed by atoms with Crippen LogP contribution in [0.5, 0.6) is 11.5 Å². The summed E-state index contributed by atoms with van der Waals surface area (Å²) in [6.07, 6.45) is 5.73. The number of rotatable bonds is 9. The van der Waals surface area contributed by atoms with E-state index in [1.165, 1.54) is 6.20 Å². The van der Waals surface area contributed by atoms with Crippen LogP contribution in [0.4, 0.5) is 0 Å². The molecule has 8 nitrogen and oxygen atoms in total. The van der Waals surface area contributed by atoms with E-state index in [1.54, 1.807) is 24.3 Å². The second-order valence-corrected chi connectivity index (χ2v) is 8.70. The number of hydrogen-bond donors (Lipinski definition) is 0. The summed E-state index contributed by atoms with van der Waals surface area (Å²) in [5.74, 6) is 0.915. The molecule has 0 N–H and O–H groups in total. The fourth-order valence-corrected chi connectivity index (χ4v) is 4.09. The van der Waals surface area contributed by atoms with Gasteiger partial charge in [-0.05, 0) is 31.5 Å². The molecule has 0 saturated carbocycles. The Hall–Kier alpha value is -3.65. The Kier molecular flexibility index (Phi) is 7.51. The Balaban J connectivity index is 1.60. The first-order valence-corrected chi connectivity index (χ1v) is 11.8. The molecule has 0 fully saturated rings. The number of halogens is 1. The molecule has 1 aromatic carbocycles. The van der Waals surface area contributed by atoms with Crippen LogP contribution in [-0.2, 0) is 18.4 Å². The largest absolute Gasteiger partial charge is 0.486 e. The van der Waals surface area contributed by atoms with Gasteiger partial charge in [0.1, 0.15) is 23.6 Å². The van der Waals surface area contributed by atoms with Crippen molar-refractivity contribution in [1.82, 2.24) is 24.6 Å². The molecule has 3 aromatic heterocycles. The van der Waals surface area contributed by atoms with Crippen molar-refractivity contribution in [3.8, 4) is 22.8 Å². The molecule has 35 heavy (non-hydrogen) atoms. The first kappa shape index (κ1) is 24.5. The lowest BCUT2D eigenvalue weighted by molar-refractivity contribution is -0.132. The van der Waals surface area contributed by atoms with Gasteiger partial charge in [-0.2, -0.15) is 5.10 Å². The summed E-state index contributed by atoms with van der Waals surface area (Å²) in [7, 11) is 3.67. The lowest BCUT2D eigenvalue weighted by atomic mass is 10.0. The molecule has 182 valence electrons. The molecule has 9 heteroatoms. The molecule has 0 aliphatic carbocycles. The minimum atomic E-state index is -0.116. The Morgan fingerprint density at radius 3 is 2.74 bits per heavy atom. The molecule has 1 amide bonds. The summed E-state index contributed by atoms with van der Waals surface area (Å²) in [5, 5.41) is 5.66. The highest BCUT2D eigenvalue weighted by molar-refractivity contribution is 6.31. The predicted octanol–water partition coefficient (Wildman–Crippen LogP) is 4.82. The number of aryl methyl sites for hydroxylation is 2. The monoisotopic (exact) mass is 493 g/mol. The summed E-state index contributed by atoms with van der Waals surface area (Å²) < 4.78 is 13.8. The third kappa shape index (κ3) is 5.38. The number of carbonyl (C=O) groups is 1. The summed E-state index contributed by atoms with van der Waals surface area (Å²) >= 11 is 6.43. The Morgan fingerprint density at radius 1 is 1.17 bits per heavy atom. The number of hydrogen-bond acceptors (Lipinski definition) is 6. The van der Waals surface area contributed by atoms with Gasteiger partial charge in [0.05, 0.1) is 22.5 Å². The number of likely N-dealkylation sites (N-methyl/N-ethyl adjacent to an activating group) is 1. The maximum Gasteiger partial charge on any atom is 0.260 e. The molecular weight excluding hydrogens is 466 g/mol. The van der Waals surface area contributed by atoms with Gasteiger partial charge in [-0.3, -0.25) is 14.5 Å². The van der Waals surface area contributed by atoms with E-state index in [0.29, 0.717) is 28.6 Å². The molecule has 3 heterocycles. The van der Waals surface area contributed by atoms with Crippen molar-refractivity contribution < 1.29 is 14.3 Å². The van der Waals surface area contributed by atoms with Crippen LogP contribution in [0, 0.1) is 6.92 Å². The number of benzene rings is 1. The van der Waals surface area contributed by atoms with E-state index in [0.717, 1.165) is 34.3 Å². The molecule has 0 aliphatic heterocycles. The van der Waals surface area contributed by atoms with Crippen LogP contribution >= 0.6 is 11.6 Å². The number of pyridine rings is 2. The quantitative estimate of drug-likeness (QED) is 0.332. The lowest BCUT2D eigenvalue weighted by Crippen LogP contribution is -2.32. The van der Waals surface area contributed by atoms with E-state index in [1.807, 2.05) is 55.9 Å². The van der Waals surface area contributed by atoms with Crippen LogP contribution in [0.15, 0.2) is 48.9 Å². The smallest absolute Gasteiger partial charge is 0.260 e. The van der Waals surface area contributed by atoms with Gasteiger partial charge in [0, 0.05) is 49.7 Å². The Bertz CT molecular complexity index is 1350. The second kappa shape index (κ2) is 10.7. The summed E-state index contributed by atoms with van der Waals surface area (Å²) in [6, 6.07) is 9.84. The third-order valence-corrected chi connectivity index (χ3v) is 6.03. The molecule has 4 rings (SSSR count). The van der Waals surface area contributed by atoms with Crippen LogP contribution in [0.3, 0.4) is 0 Å². The van der Waals surface area contributed by atoms with Crippen LogP contribution < -0.4 is 9.47 Å². The summed E-state index contributed by atoms with van der Waals surface area (Å²) in [4.78, 5) is 22.8. The topological polar surface area (TPSA) is 82.4 Å². The number of carbonyl (C=O) groups excluding carboxylic acids is 1. The summed E-state index contributed by atoms with van der Waals surface area (Å²) in [5.41, 5.74) is 4.24.